The third-order valence-electron chi connectivity index (χ3n) is 10.0. The highest BCUT2D eigenvalue weighted by Gasteiger charge is 2.77. The van der Waals surface area contributed by atoms with Crippen molar-refractivity contribution in [3.8, 4) is 0 Å². The summed E-state index contributed by atoms with van der Waals surface area (Å²) in [5.74, 6) is -4.07. The summed E-state index contributed by atoms with van der Waals surface area (Å²) < 4.78 is 20.0. The smallest absolute Gasteiger partial charge is 0.313 e. The normalized spacial score (nSPS) is 25.8. The molecule has 3 fully saturated rings. The minimum atomic E-state index is -1.40. The van der Waals surface area contributed by atoms with Crippen molar-refractivity contribution in [1.29, 1.82) is 0 Å². The third kappa shape index (κ3) is 6.89. The van der Waals surface area contributed by atoms with Crippen LogP contribution in [0.4, 0.5) is 0 Å². The van der Waals surface area contributed by atoms with Crippen LogP contribution in [0, 0.1) is 11.8 Å². The molecule has 2 bridgehead atoms. The number of aromatic nitrogens is 3. The molecule has 14 nitrogen and oxygen atoms in total. The molecule has 3 amide bonds. The molecular formula is C37H43BrN6O8. The number of rotatable bonds is 17. The zero-order valence-electron chi connectivity index (χ0n) is 28.9. The number of aliphatic hydroxyl groups excluding tert-OH is 1. The van der Waals surface area contributed by atoms with Crippen LogP contribution in [0.1, 0.15) is 30.9 Å². The van der Waals surface area contributed by atoms with Crippen LogP contribution in [-0.4, -0.2) is 116 Å². The van der Waals surface area contributed by atoms with Gasteiger partial charge in [0.15, 0.2) is 0 Å². The average molecular weight is 780 g/mol. The number of ether oxygens (including phenoxy) is 3. The van der Waals surface area contributed by atoms with Gasteiger partial charge in [-0.25, -0.2) is 4.68 Å². The lowest BCUT2D eigenvalue weighted by molar-refractivity contribution is -0.163. The minimum absolute atomic E-state index is 0.00850. The van der Waals surface area contributed by atoms with Crippen molar-refractivity contribution in [3.63, 3.8) is 0 Å². The Kier molecular flexibility index (Phi) is 11.5. The monoisotopic (exact) mass is 778 g/mol. The number of amides is 3. The van der Waals surface area contributed by atoms with Gasteiger partial charge in [0, 0.05) is 31.4 Å². The zero-order valence-corrected chi connectivity index (χ0v) is 30.5. The molecule has 0 aliphatic carbocycles. The van der Waals surface area contributed by atoms with Gasteiger partial charge < -0.3 is 34.4 Å². The molecule has 1 aromatic heterocycles. The van der Waals surface area contributed by atoms with Gasteiger partial charge in [0.2, 0.25) is 17.7 Å². The number of esters is 1. The van der Waals surface area contributed by atoms with Gasteiger partial charge in [0.1, 0.15) is 29.9 Å². The topological polar surface area (TPSA) is 165 Å². The molecule has 0 saturated carbocycles. The molecule has 3 aliphatic rings. The summed E-state index contributed by atoms with van der Waals surface area (Å²) in [5, 5.41) is 21.5. The molecule has 52 heavy (non-hydrogen) atoms. The Bertz CT molecular complexity index is 1810. The molecule has 3 aliphatic heterocycles. The summed E-state index contributed by atoms with van der Waals surface area (Å²) in [6.07, 6.45) is 2.37. The van der Waals surface area contributed by atoms with E-state index >= 15 is 0 Å². The van der Waals surface area contributed by atoms with E-state index in [1.54, 1.807) is 41.1 Å². The Hall–Kier alpha value is -4.44. The Labute approximate surface area is 309 Å². The molecule has 2 N–H and O–H groups in total. The van der Waals surface area contributed by atoms with Crippen LogP contribution in [0.3, 0.4) is 0 Å². The number of halogens is 1. The first-order valence-corrected chi connectivity index (χ1v) is 18.2. The number of fused-ring (bicyclic) bond motifs is 2. The van der Waals surface area contributed by atoms with Crippen molar-refractivity contribution in [3.05, 3.63) is 85.5 Å². The Morgan fingerprint density at radius 1 is 1.17 bits per heavy atom. The summed E-state index contributed by atoms with van der Waals surface area (Å²) in [4.78, 5) is 58.9. The highest BCUT2D eigenvalue weighted by Crippen LogP contribution is 2.60. The Morgan fingerprint density at radius 2 is 1.92 bits per heavy atom. The van der Waals surface area contributed by atoms with Crippen molar-refractivity contribution in [1.82, 2.24) is 30.1 Å². The quantitative estimate of drug-likeness (QED) is 0.118. The molecule has 8 atom stereocenters. The van der Waals surface area contributed by atoms with Crippen LogP contribution in [0.5, 0.6) is 0 Å². The second-order valence-corrected chi connectivity index (χ2v) is 14.4. The standard InChI is InChI=1S/C37H43BrN6O8/c1-4-6-16-28(46)39-26(21-50-3)31(23-12-8-7-9-13-23)51-36(49)29-30-34(47)43(18-19-45)33(37(30)20-24(38)32(29)52-37)35(48)42(17-5-2)22-44-27-15-11-10-14-25(27)40-41-44/h4-5,7-15,24,26,29-33,45H,1-2,6,16-22H2,3H3,(H,39,46)/t24?,26-,29-,30+,31-,32-,33-,37+/m1/s1. The van der Waals surface area contributed by atoms with Crippen LogP contribution in [0.15, 0.2) is 79.9 Å². The second kappa shape index (κ2) is 16.1. The van der Waals surface area contributed by atoms with Crippen LogP contribution in [0.25, 0.3) is 11.0 Å². The van der Waals surface area contributed by atoms with Gasteiger partial charge in [-0.1, -0.05) is 75.8 Å². The predicted octanol–water partition coefficient (Wildman–Crippen LogP) is 2.53. The van der Waals surface area contributed by atoms with Gasteiger partial charge in [-0.05, 0) is 30.5 Å². The fourth-order valence-corrected chi connectivity index (χ4v) is 8.82. The highest BCUT2D eigenvalue weighted by atomic mass is 79.9. The van der Waals surface area contributed by atoms with Gasteiger partial charge in [-0.15, -0.1) is 18.3 Å². The summed E-state index contributed by atoms with van der Waals surface area (Å²) in [6, 6.07) is 14.4. The van der Waals surface area contributed by atoms with E-state index in [2.05, 4.69) is 44.7 Å². The fraction of sp³-hybridized carbons (Fsp3) is 0.459. The molecule has 6 rings (SSSR count). The number of hydrogen-bond acceptors (Lipinski definition) is 10. The number of carbonyl (C=O) groups is 4. The number of β-amino-alcohol motifs (C(OH)–C–C–N with tert-alkyl or cyclic N) is 1. The van der Waals surface area contributed by atoms with Crippen molar-refractivity contribution in [2.75, 3.05) is 33.4 Å². The first-order valence-electron chi connectivity index (χ1n) is 17.2. The van der Waals surface area contributed by atoms with Gasteiger partial charge in [-0.2, -0.15) is 0 Å². The molecule has 1 unspecified atom stereocenters. The van der Waals surface area contributed by atoms with Crippen LogP contribution >= 0.6 is 15.9 Å². The summed E-state index contributed by atoms with van der Waals surface area (Å²) in [6.45, 7) is 7.13. The summed E-state index contributed by atoms with van der Waals surface area (Å²) >= 11 is 3.70. The molecule has 0 radical (unpaired) electrons. The Balaban J connectivity index is 1.32. The first kappa shape index (κ1) is 37.3. The SMILES string of the molecule is C=CCCC(=O)N[C@H](COC)[C@H](OC(=O)[C@H]1[C@@H]2O[C@@]3(CC2Br)[C@@H]1C(=O)N(CCO)[C@@H]3C(=O)N(CC=C)Cn1nnc2ccccc21)c1ccccc1. The number of hydrogen-bond donors (Lipinski definition) is 2. The number of methoxy groups -OCH3 is 1. The molecule has 3 saturated heterocycles. The molecule has 276 valence electrons. The largest absolute Gasteiger partial charge is 0.455 e. The van der Waals surface area contributed by atoms with E-state index < -0.39 is 70.9 Å². The van der Waals surface area contributed by atoms with Crippen molar-refractivity contribution < 1.29 is 38.5 Å². The lowest BCUT2D eigenvalue weighted by Crippen LogP contribution is -2.57. The molecular weight excluding hydrogens is 736 g/mol. The maximum Gasteiger partial charge on any atom is 0.313 e. The fourth-order valence-electron chi connectivity index (χ4n) is 7.88. The molecule has 1 spiro atoms. The van der Waals surface area contributed by atoms with E-state index in [9.17, 15) is 24.3 Å². The lowest BCUT2D eigenvalue weighted by atomic mass is 9.70. The summed E-state index contributed by atoms with van der Waals surface area (Å²) in [5.41, 5.74) is 0.588. The van der Waals surface area contributed by atoms with Crippen molar-refractivity contribution in [2.24, 2.45) is 11.8 Å². The molecule has 4 heterocycles. The number of nitrogens with zero attached hydrogens (tertiary/aromatic N) is 5. The lowest BCUT2D eigenvalue weighted by Gasteiger charge is -2.37. The van der Waals surface area contributed by atoms with Gasteiger partial charge in [0.05, 0.1) is 42.7 Å². The summed E-state index contributed by atoms with van der Waals surface area (Å²) in [7, 11) is 1.49. The van der Waals surface area contributed by atoms with Gasteiger partial charge in [-0.3, -0.25) is 19.2 Å². The second-order valence-electron chi connectivity index (χ2n) is 13.2. The van der Waals surface area contributed by atoms with Crippen LogP contribution in [-0.2, 0) is 40.1 Å². The average Bonchev–Trinajstić information content (AvgIpc) is 3.87. The van der Waals surface area contributed by atoms with Crippen molar-refractivity contribution in [2.45, 2.75) is 60.7 Å². The third-order valence-corrected chi connectivity index (χ3v) is 10.9. The number of alkyl halides is 1. The number of nitrogens with one attached hydrogen (secondary N) is 1. The predicted molar refractivity (Wildman–Crippen MR) is 192 cm³/mol. The van der Waals surface area contributed by atoms with Crippen LogP contribution < -0.4 is 5.32 Å². The number of aliphatic hydroxyl groups is 1. The van der Waals surface area contributed by atoms with E-state index in [0.29, 0.717) is 23.0 Å². The van der Waals surface area contributed by atoms with E-state index in [1.165, 1.54) is 16.9 Å². The number of para-hydroxylation sites is 1. The maximum atomic E-state index is 14.7. The zero-order chi connectivity index (χ0) is 37.0. The van der Waals surface area contributed by atoms with E-state index in [-0.39, 0.29) is 45.1 Å². The van der Waals surface area contributed by atoms with Crippen molar-refractivity contribution >= 4 is 50.7 Å². The number of carbonyl (C=O) groups excluding carboxylic acids is 4. The minimum Gasteiger partial charge on any atom is -0.455 e. The Morgan fingerprint density at radius 3 is 2.63 bits per heavy atom. The van der Waals surface area contributed by atoms with Gasteiger partial charge in [0.25, 0.3) is 0 Å². The molecule has 3 aromatic rings. The van der Waals surface area contributed by atoms with E-state index in [1.807, 2.05) is 30.3 Å². The van der Waals surface area contributed by atoms with Gasteiger partial charge >= 0.3 is 5.97 Å². The van der Waals surface area contributed by atoms with E-state index in [4.69, 9.17) is 14.2 Å². The van der Waals surface area contributed by atoms with Crippen LogP contribution in [0.2, 0.25) is 0 Å². The molecule has 15 heteroatoms. The highest BCUT2D eigenvalue weighted by molar-refractivity contribution is 9.09. The number of allylic oxidation sites excluding steroid dienone is 1. The number of benzene rings is 2. The number of likely N-dealkylation sites (tertiary alicyclic amines) is 1. The molecule has 2 aromatic carbocycles. The first-order chi connectivity index (χ1) is 25.2. The maximum absolute atomic E-state index is 14.7. The van der Waals surface area contributed by atoms with E-state index in [0.717, 1.165) is 0 Å².